The molecule has 0 radical (unpaired) electrons. The fourth-order valence-corrected chi connectivity index (χ4v) is 5.41. The Hall–Kier alpha value is -2.93. The van der Waals surface area contributed by atoms with Crippen molar-refractivity contribution in [2.24, 2.45) is 23.7 Å². The van der Waals surface area contributed by atoms with Gasteiger partial charge in [-0.1, -0.05) is 23.9 Å². The smallest absolute Gasteiger partial charge is 0.269 e. The third-order valence-corrected chi connectivity index (χ3v) is 6.86. The van der Waals surface area contributed by atoms with Crippen molar-refractivity contribution in [3.05, 3.63) is 70.8 Å². The summed E-state index contributed by atoms with van der Waals surface area (Å²) in [5, 5.41) is 10.7. The van der Waals surface area contributed by atoms with Crippen LogP contribution in [0, 0.1) is 33.8 Å². The molecule has 2 bridgehead atoms. The first-order valence-electron chi connectivity index (χ1n) is 9.11. The molecule has 2 amide bonds. The van der Waals surface area contributed by atoms with E-state index >= 15 is 0 Å². The number of non-ortho nitro benzene ring substituents is 1. The summed E-state index contributed by atoms with van der Waals surface area (Å²) in [5.74, 6) is -0.152. The van der Waals surface area contributed by atoms with Crippen LogP contribution in [-0.2, 0) is 9.59 Å². The maximum Gasteiger partial charge on any atom is 0.269 e. The van der Waals surface area contributed by atoms with E-state index in [-0.39, 0.29) is 41.2 Å². The molecule has 3 aliphatic rings. The second-order valence-corrected chi connectivity index (χ2v) is 8.51. The standard InChI is InChI=1S/C21H16N2O4S/c24-20-18-12-1-2-13(11-12)19(18)21(25)22(20)14-3-7-16(8-4-14)28-17-9-5-15(6-10-17)23(26)27/h1-10,12-13,18-19H,11H2/t12-,13-,18-,19-/m0/s1. The van der Waals surface area contributed by atoms with Gasteiger partial charge in [0.05, 0.1) is 22.4 Å². The lowest BCUT2D eigenvalue weighted by Gasteiger charge is -2.17. The fraction of sp³-hybridized carbons (Fsp3) is 0.238. The number of imide groups is 1. The highest BCUT2D eigenvalue weighted by Crippen LogP contribution is 2.53. The average molecular weight is 392 g/mol. The summed E-state index contributed by atoms with van der Waals surface area (Å²) in [7, 11) is 0. The van der Waals surface area contributed by atoms with Gasteiger partial charge < -0.3 is 0 Å². The minimum atomic E-state index is -0.426. The molecule has 2 aromatic rings. The Balaban J connectivity index is 1.34. The third-order valence-electron chi connectivity index (χ3n) is 5.85. The number of hydrogen-bond donors (Lipinski definition) is 0. The van der Waals surface area contributed by atoms with Gasteiger partial charge in [-0.25, -0.2) is 0 Å². The van der Waals surface area contributed by atoms with Gasteiger partial charge in [0.25, 0.3) is 5.69 Å². The minimum absolute atomic E-state index is 0.0553. The summed E-state index contributed by atoms with van der Waals surface area (Å²) in [6.07, 6.45) is 5.10. The van der Waals surface area contributed by atoms with Crippen molar-refractivity contribution in [2.45, 2.75) is 16.2 Å². The van der Waals surface area contributed by atoms with Crippen LogP contribution >= 0.6 is 11.8 Å². The van der Waals surface area contributed by atoms with Crippen LogP contribution in [-0.4, -0.2) is 16.7 Å². The number of nitro groups is 1. The highest BCUT2D eigenvalue weighted by Gasteiger charge is 2.59. The molecule has 1 aliphatic heterocycles. The molecule has 5 rings (SSSR count). The van der Waals surface area contributed by atoms with Gasteiger partial charge >= 0.3 is 0 Å². The van der Waals surface area contributed by atoms with Crippen LogP contribution in [0.4, 0.5) is 11.4 Å². The Kier molecular flexibility index (Phi) is 3.87. The van der Waals surface area contributed by atoms with Crippen molar-refractivity contribution in [1.29, 1.82) is 0 Å². The van der Waals surface area contributed by atoms with E-state index in [1.165, 1.54) is 28.8 Å². The molecule has 0 aromatic heterocycles. The Morgan fingerprint density at radius 2 is 1.36 bits per heavy atom. The van der Waals surface area contributed by atoms with Crippen molar-refractivity contribution in [3.8, 4) is 0 Å². The lowest BCUT2D eigenvalue weighted by Crippen LogP contribution is -2.32. The second-order valence-electron chi connectivity index (χ2n) is 7.36. The van der Waals surface area contributed by atoms with Crippen LogP contribution in [0.15, 0.2) is 70.5 Å². The topological polar surface area (TPSA) is 80.5 Å². The Morgan fingerprint density at radius 3 is 1.86 bits per heavy atom. The molecule has 1 heterocycles. The number of benzene rings is 2. The summed E-state index contributed by atoms with van der Waals surface area (Å²) in [6, 6.07) is 13.7. The number of nitrogens with zero attached hydrogens (tertiary/aromatic N) is 2. The number of anilines is 1. The maximum atomic E-state index is 12.9. The number of carbonyl (C=O) groups is 2. The monoisotopic (exact) mass is 392 g/mol. The first-order chi connectivity index (χ1) is 13.5. The van der Waals surface area contributed by atoms with Gasteiger partial charge in [0.2, 0.25) is 11.8 Å². The predicted octanol–water partition coefficient (Wildman–Crippen LogP) is 4.06. The van der Waals surface area contributed by atoms with Gasteiger partial charge in [-0.05, 0) is 54.7 Å². The van der Waals surface area contributed by atoms with Crippen molar-refractivity contribution in [3.63, 3.8) is 0 Å². The molecule has 0 N–H and O–H groups in total. The van der Waals surface area contributed by atoms with Gasteiger partial charge in [-0.3, -0.25) is 24.6 Å². The number of amides is 2. The summed E-state index contributed by atoms with van der Waals surface area (Å²) >= 11 is 1.47. The van der Waals surface area contributed by atoms with Crippen LogP contribution in [0.25, 0.3) is 0 Å². The van der Waals surface area contributed by atoms with Crippen LogP contribution in [0.5, 0.6) is 0 Å². The lowest BCUT2D eigenvalue weighted by atomic mass is 9.85. The first-order valence-corrected chi connectivity index (χ1v) is 9.93. The number of fused-ring (bicyclic) bond motifs is 5. The SMILES string of the molecule is O=C1[C@@H]2[C@@H](C(=O)N1c1ccc(Sc3ccc([N+](=O)[O-])cc3)cc1)[C@H]1C=C[C@H]2C1. The number of hydrogen-bond acceptors (Lipinski definition) is 5. The fourth-order valence-electron chi connectivity index (χ4n) is 4.59. The molecule has 0 unspecified atom stereocenters. The zero-order valence-corrected chi connectivity index (χ0v) is 15.5. The molecule has 0 spiro atoms. The molecule has 6 nitrogen and oxygen atoms in total. The van der Waals surface area contributed by atoms with Crippen LogP contribution in [0.2, 0.25) is 0 Å². The summed E-state index contributed by atoms with van der Waals surface area (Å²) in [5.41, 5.74) is 0.664. The average Bonchev–Trinajstić information content (AvgIpc) is 3.37. The molecule has 140 valence electrons. The summed E-state index contributed by atoms with van der Waals surface area (Å²) in [4.78, 5) is 39.2. The van der Waals surface area contributed by atoms with Gasteiger partial charge in [0.1, 0.15) is 0 Å². The molecule has 2 fully saturated rings. The number of carbonyl (C=O) groups excluding carboxylic acids is 2. The Morgan fingerprint density at radius 1 is 0.857 bits per heavy atom. The Bertz CT molecular complexity index is 986. The third kappa shape index (κ3) is 2.57. The Labute approximate surface area is 165 Å². The largest absolute Gasteiger partial charge is 0.274 e. The van der Waals surface area contributed by atoms with Crippen molar-refractivity contribution < 1.29 is 14.5 Å². The van der Waals surface area contributed by atoms with E-state index in [0.29, 0.717) is 5.69 Å². The quantitative estimate of drug-likeness (QED) is 0.339. The molecular weight excluding hydrogens is 376 g/mol. The molecule has 28 heavy (non-hydrogen) atoms. The van der Waals surface area contributed by atoms with Crippen LogP contribution < -0.4 is 4.90 Å². The second kappa shape index (κ2) is 6.31. The van der Waals surface area contributed by atoms with Crippen molar-refractivity contribution in [1.82, 2.24) is 0 Å². The van der Waals surface area contributed by atoms with Crippen LogP contribution in [0.3, 0.4) is 0 Å². The van der Waals surface area contributed by atoms with E-state index < -0.39 is 4.92 Å². The first kappa shape index (κ1) is 17.2. The van der Waals surface area contributed by atoms with E-state index in [1.807, 2.05) is 12.1 Å². The van der Waals surface area contributed by atoms with Gasteiger partial charge in [-0.15, -0.1) is 0 Å². The number of rotatable bonds is 4. The van der Waals surface area contributed by atoms with E-state index in [2.05, 4.69) is 12.2 Å². The van der Waals surface area contributed by atoms with E-state index in [1.54, 1.807) is 24.3 Å². The normalized spacial score (nSPS) is 27.5. The lowest BCUT2D eigenvalue weighted by molar-refractivity contribution is -0.384. The molecule has 1 saturated carbocycles. The molecule has 2 aromatic carbocycles. The van der Waals surface area contributed by atoms with E-state index in [0.717, 1.165) is 16.2 Å². The van der Waals surface area contributed by atoms with Gasteiger partial charge in [0, 0.05) is 21.9 Å². The van der Waals surface area contributed by atoms with E-state index in [9.17, 15) is 19.7 Å². The van der Waals surface area contributed by atoms with Crippen molar-refractivity contribution in [2.75, 3.05) is 4.90 Å². The highest BCUT2D eigenvalue weighted by atomic mass is 32.2. The van der Waals surface area contributed by atoms with Crippen LogP contribution in [0.1, 0.15) is 6.42 Å². The summed E-state index contributed by atoms with van der Waals surface area (Å²) in [6.45, 7) is 0. The highest BCUT2D eigenvalue weighted by molar-refractivity contribution is 7.99. The van der Waals surface area contributed by atoms with E-state index in [4.69, 9.17) is 0 Å². The molecular formula is C21H16N2O4S. The maximum absolute atomic E-state index is 12.9. The zero-order valence-electron chi connectivity index (χ0n) is 14.7. The molecule has 2 aliphatic carbocycles. The number of nitro benzene ring substituents is 1. The van der Waals surface area contributed by atoms with Gasteiger partial charge in [-0.2, -0.15) is 0 Å². The van der Waals surface area contributed by atoms with Gasteiger partial charge in [0.15, 0.2) is 0 Å². The molecule has 1 saturated heterocycles. The minimum Gasteiger partial charge on any atom is -0.274 e. The zero-order chi connectivity index (χ0) is 19.4. The number of allylic oxidation sites excluding steroid dienone is 2. The summed E-state index contributed by atoms with van der Waals surface area (Å²) < 4.78 is 0. The predicted molar refractivity (Wildman–Crippen MR) is 104 cm³/mol. The molecule has 7 heteroatoms. The van der Waals surface area contributed by atoms with Crippen molar-refractivity contribution >= 4 is 35.0 Å². The molecule has 4 atom stereocenters.